The minimum atomic E-state index is -2.19. The number of amidine groups is 1. The van der Waals surface area contributed by atoms with Crippen LogP contribution in [0.2, 0.25) is 0 Å². The lowest BCUT2D eigenvalue weighted by atomic mass is 9.77. The third-order valence-corrected chi connectivity index (χ3v) is 15.0. The SMILES string of the molecule is CCOC(C)(OC(C)(C)C(C)(C)OO)C(C)N1C(C)(O)C(C)(C)N(C2=Nc3c(O)c(C)c(C)c(C)c3Sc3c(C)c(C)c(C)c(C)c32)C(OC)(OCC)C1(C)O. The van der Waals surface area contributed by atoms with Crippen molar-refractivity contribution in [3.05, 3.63) is 44.5 Å². The maximum absolute atomic E-state index is 13.5. The summed E-state index contributed by atoms with van der Waals surface area (Å²) in [6.45, 7) is 35.6. The molecule has 0 bridgehead atoms. The Hall–Kier alpha value is -2.30. The summed E-state index contributed by atoms with van der Waals surface area (Å²) in [7, 11) is 1.47. The molecule has 5 atom stereocenters. The number of phenolic OH excluding ortho intramolecular Hbond substituents is 1. The van der Waals surface area contributed by atoms with E-state index in [9.17, 15) is 20.6 Å². The van der Waals surface area contributed by atoms with E-state index in [1.54, 1.807) is 72.1 Å². The molecule has 2 aromatic rings. The zero-order valence-electron chi connectivity index (χ0n) is 37.6. The van der Waals surface area contributed by atoms with Crippen molar-refractivity contribution in [3.63, 3.8) is 0 Å². The van der Waals surface area contributed by atoms with Gasteiger partial charge in [0.25, 0.3) is 5.91 Å². The first kappa shape index (κ1) is 46.4. The molecule has 2 aliphatic heterocycles. The van der Waals surface area contributed by atoms with Gasteiger partial charge >= 0.3 is 0 Å². The normalized spacial score (nSPS) is 26.0. The van der Waals surface area contributed by atoms with Crippen LogP contribution in [0.4, 0.5) is 5.69 Å². The molecular formula is C43H69N3O9S. The van der Waals surface area contributed by atoms with Crippen LogP contribution in [-0.2, 0) is 23.8 Å². The summed E-state index contributed by atoms with van der Waals surface area (Å²) >= 11 is 1.56. The number of aliphatic imine (C=N–C) groups is 1. The summed E-state index contributed by atoms with van der Waals surface area (Å²) in [6, 6.07) is -0.927. The number of hydrogen-bond acceptors (Lipinski definition) is 13. The summed E-state index contributed by atoms with van der Waals surface area (Å²) in [5.41, 5.74) is 0.175. The van der Waals surface area contributed by atoms with Crippen molar-refractivity contribution in [1.29, 1.82) is 0 Å². The average Bonchev–Trinajstić information content (AvgIpc) is 3.27. The summed E-state index contributed by atoms with van der Waals surface area (Å²) in [5, 5.41) is 48.6. The standard InChI is InChI=1S/C43H69N3O9S/c1-21-52-40(17,54-38(13,14)39(15,16)55-50)30(10)45-41(18,48)37(11,12)46(43(51-20,53-22-2)42(45,19)49)36-31-26(6)23(3)24(4)28(8)34(31)56-35-29(9)25(5)27(7)33(47)32(35)44-36/h30,47-50H,21-22H2,1-20H3. The lowest BCUT2D eigenvalue weighted by Crippen LogP contribution is -2.91. The third-order valence-electron chi connectivity index (χ3n) is 13.6. The van der Waals surface area contributed by atoms with Gasteiger partial charge < -0.3 is 34.3 Å². The van der Waals surface area contributed by atoms with Crippen LogP contribution in [0.25, 0.3) is 0 Å². The highest BCUT2D eigenvalue weighted by Gasteiger charge is 2.75. The molecule has 0 aromatic heterocycles. The number of hydrogen-bond donors (Lipinski definition) is 4. The molecule has 12 nitrogen and oxygen atoms in total. The van der Waals surface area contributed by atoms with E-state index in [1.807, 2.05) is 48.5 Å². The molecule has 5 unspecified atom stereocenters. The molecular weight excluding hydrogens is 735 g/mol. The third kappa shape index (κ3) is 6.53. The maximum Gasteiger partial charge on any atom is 0.298 e. The zero-order valence-corrected chi connectivity index (χ0v) is 38.4. The molecule has 13 heteroatoms. The summed E-state index contributed by atoms with van der Waals surface area (Å²) in [4.78, 5) is 15.3. The van der Waals surface area contributed by atoms with E-state index in [4.69, 9.17) is 28.8 Å². The fraction of sp³-hybridized carbons (Fsp3) is 0.698. The van der Waals surface area contributed by atoms with Crippen LogP contribution >= 0.6 is 11.8 Å². The van der Waals surface area contributed by atoms with Crippen molar-refractivity contribution in [1.82, 2.24) is 9.80 Å². The van der Waals surface area contributed by atoms with Crippen molar-refractivity contribution >= 4 is 23.3 Å². The van der Waals surface area contributed by atoms with Gasteiger partial charge in [0.05, 0.1) is 17.2 Å². The van der Waals surface area contributed by atoms with Gasteiger partial charge in [0, 0.05) is 35.7 Å². The predicted octanol–water partition coefficient (Wildman–Crippen LogP) is 8.45. The Morgan fingerprint density at radius 1 is 0.750 bits per heavy atom. The van der Waals surface area contributed by atoms with E-state index in [0.717, 1.165) is 48.7 Å². The first-order valence-corrected chi connectivity index (χ1v) is 20.4. The van der Waals surface area contributed by atoms with Gasteiger partial charge in [-0.1, -0.05) is 11.8 Å². The van der Waals surface area contributed by atoms with Gasteiger partial charge in [-0.15, -0.1) is 0 Å². The molecule has 316 valence electrons. The molecule has 4 rings (SSSR count). The van der Waals surface area contributed by atoms with Crippen LogP contribution in [0.1, 0.15) is 128 Å². The molecule has 1 saturated heterocycles. The van der Waals surface area contributed by atoms with Crippen LogP contribution in [0.3, 0.4) is 0 Å². The van der Waals surface area contributed by atoms with E-state index in [2.05, 4.69) is 27.7 Å². The maximum atomic E-state index is 13.5. The van der Waals surface area contributed by atoms with Gasteiger partial charge in [0.2, 0.25) is 0 Å². The van der Waals surface area contributed by atoms with Gasteiger partial charge in [0.15, 0.2) is 11.5 Å². The first-order chi connectivity index (χ1) is 25.5. The number of phenols is 1. The quantitative estimate of drug-likeness (QED) is 0.0983. The largest absolute Gasteiger partial charge is 0.505 e. The summed E-state index contributed by atoms with van der Waals surface area (Å²) < 4.78 is 26.5. The molecule has 1 fully saturated rings. The molecule has 2 aromatic carbocycles. The first-order valence-electron chi connectivity index (χ1n) is 19.6. The number of rotatable bonds is 11. The van der Waals surface area contributed by atoms with Gasteiger partial charge in [-0.3, -0.25) is 10.2 Å². The van der Waals surface area contributed by atoms with Gasteiger partial charge in [-0.25, -0.2) is 14.8 Å². The number of benzene rings is 2. The smallest absolute Gasteiger partial charge is 0.298 e. The molecule has 2 aliphatic rings. The summed E-state index contributed by atoms with van der Waals surface area (Å²) in [6.07, 6.45) is 0. The van der Waals surface area contributed by atoms with E-state index >= 15 is 0 Å². The second-order valence-corrected chi connectivity index (χ2v) is 18.5. The van der Waals surface area contributed by atoms with Crippen LogP contribution < -0.4 is 0 Å². The van der Waals surface area contributed by atoms with E-state index in [0.29, 0.717) is 17.1 Å². The molecule has 0 aliphatic carbocycles. The van der Waals surface area contributed by atoms with Crippen molar-refractivity contribution in [3.8, 4) is 5.75 Å². The Kier molecular flexibility index (Phi) is 12.5. The highest BCUT2D eigenvalue weighted by molar-refractivity contribution is 7.99. The number of methoxy groups -OCH3 is 1. The number of aliphatic hydroxyl groups is 2. The zero-order chi connectivity index (χ0) is 43.1. The molecule has 56 heavy (non-hydrogen) atoms. The molecule has 0 radical (unpaired) electrons. The Balaban J connectivity index is 2.19. The molecule has 0 amide bonds. The van der Waals surface area contributed by atoms with E-state index in [1.165, 1.54) is 12.0 Å². The lowest BCUT2D eigenvalue weighted by Gasteiger charge is -2.70. The summed E-state index contributed by atoms with van der Waals surface area (Å²) in [5.74, 6) is -3.19. The minimum absolute atomic E-state index is 0.0506. The average molecular weight is 804 g/mol. The van der Waals surface area contributed by atoms with Crippen molar-refractivity contribution < 1.29 is 44.4 Å². The molecule has 0 saturated carbocycles. The van der Waals surface area contributed by atoms with Crippen LogP contribution in [0, 0.1) is 48.5 Å². The van der Waals surface area contributed by atoms with Crippen LogP contribution in [-0.4, -0.2) is 102 Å². The van der Waals surface area contributed by atoms with Crippen LogP contribution in [0.15, 0.2) is 14.8 Å². The topological polar surface area (TPSA) is 146 Å². The van der Waals surface area contributed by atoms with Gasteiger partial charge in [-0.2, -0.15) is 0 Å². The van der Waals surface area contributed by atoms with Crippen molar-refractivity contribution in [2.24, 2.45) is 4.99 Å². The number of ether oxygens (including phenoxy) is 4. The van der Waals surface area contributed by atoms with Gasteiger partial charge in [-0.05, 0) is 170 Å². The molecule has 2 heterocycles. The van der Waals surface area contributed by atoms with Gasteiger partial charge in [0.1, 0.15) is 28.6 Å². The van der Waals surface area contributed by atoms with Crippen LogP contribution in [0.5, 0.6) is 5.75 Å². The Labute approximate surface area is 339 Å². The Morgan fingerprint density at radius 3 is 1.77 bits per heavy atom. The van der Waals surface area contributed by atoms with Crippen molar-refractivity contribution in [2.75, 3.05) is 20.3 Å². The predicted molar refractivity (Wildman–Crippen MR) is 221 cm³/mol. The van der Waals surface area contributed by atoms with Crippen molar-refractivity contribution in [2.45, 2.75) is 187 Å². The number of nitrogens with zero attached hydrogens (tertiary/aromatic N) is 3. The number of fused-ring (bicyclic) bond motifs is 2. The molecule has 4 N–H and O–H groups in total. The number of aromatic hydroxyl groups is 1. The highest BCUT2D eigenvalue weighted by atomic mass is 32.2. The molecule has 0 spiro atoms. The highest BCUT2D eigenvalue weighted by Crippen LogP contribution is 2.57. The van der Waals surface area contributed by atoms with E-state index in [-0.39, 0.29) is 19.0 Å². The lowest BCUT2D eigenvalue weighted by molar-refractivity contribution is -0.482. The Bertz CT molecular complexity index is 1890. The minimum Gasteiger partial charge on any atom is -0.505 e. The second-order valence-electron chi connectivity index (χ2n) is 17.5. The monoisotopic (exact) mass is 803 g/mol. The van der Waals surface area contributed by atoms with E-state index < -0.39 is 45.9 Å². The Morgan fingerprint density at radius 2 is 1.27 bits per heavy atom. The fourth-order valence-corrected chi connectivity index (χ4v) is 9.88. The number of piperazine rings is 1. The fourth-order valence-electron chi connectivity index (χ4n) is 8.48. The second kappa shape index (κ2) is 15.1.